The molecule has 0 fully saturated rings. The second-order valence-corrected chi connectivity index (χ2v) is 3.48. The molecule has 7 heteroatoms. The number of ether oxygens (including phenoxy) is 3. The zero-order valence-electron chi connectivity index (χ0n) is 10.6. The van der Waals surface area contributed by atoms with E-state index in [4.69, 9.17) is 14.2 Å². The molecular formula is C10H18N4O3. The minimum absolute atomic E-state index is 0.208. The van der Waals surface area contributed by atoms with Crippen LogP contribution in [0.2, 0.25) is 0 Å². The van der Waals surface area contributed by atoms with Gasteiger partial charge in [-0.2, -0.15) is 9.97 Å². The molecule has 1 N–H and O–H groups in total. The predicted octanol–water partition coefficient (Wildman–Crippen LogP) is 0.726. The van der Waals surface area contributed by atoms with Crippen molar-refractivity contribution in [3.05, 3.63) is 0 Å². The number of nitrogens with zero attached hydrogens (tertiary/aromatic N) is 3. The molecule has 0 atom stereocenters. The lowest BCUT2D eigenvalue weighted by Gasteiger charge is -2.09. The SMILES string of the molecule is COc1nc(NCCOC(C)C)nc(OC)n1. The first-order valence-electron chi connectivity index (χ1n) is 5.35. The third-order valence-corrected chi connectivity index (χ3v) is 1.80. The van der Waals surface area contributed by atoms with Crippen molar-refractivity contribution in [3.8, 4) is 12.0 Å². The molecule has 0 amide bonds. The maximum atomic E-state index is 5.38. The molecule has 0 aliphatic rings. The van der Waals surface area contributed by atoms with E-state index >= 15 is 0 Å². The number of anilines is 1. The summed E-state index contributed by atoms with van der Waals surface area (Å²) in [4.78, 5) is 11.9. The van der Waals surface area contributed by atoms with E-state index in [1.54, 1.807) is 0 Å². The number of nitrogens with one attached hydrogen (secondary N) is 1. The standard InChI is InChI=1S/C10H18N4O3/c1-7(2)17-6-5-11-8-12-9(15-3)14-10(13-8)16-4/h7H,5-6H2,1-4H3,(H,11,12,13,14). The van der Waals surface area contributed by atoms with Gasteiger partial charge in [-0.05, 0) is 13.8 Å². The van der Waals surface area contributed by atoms with Gasteiger partial charge in [0.05, 0.1) is 26.9 Å². The summed E-state index contributed by atoms with van der Waals surface area (Å²) in [5.74, 6) is 0.404. The van der Waals surface area contributed by atoms with Crippen molar-refractivity contribution >= 4 is 5.95 Å². The van der Waals surface area contributed by atoms with Gasteiger partial charge < -0.3 is 19.5 Å². The summed E-state index contributed by atoms with van der Waals surface area (Å²) in [6, 6.07) is 0.424. The van der Waals surface area contributed by atoms with Crippen molar-refractivity contribution in [1.29, 1.82) is 0 Å². The van der Waals surface area contributed by atoms with Gasteiger partial charge in [-0.1, -0.05) is 0 Å². The zero-order chi connectivity index (χ0) is 12.7. The smallest absolute Gasteiger partial charge is 0.324 e. The van der Waals surface area contributed by atoms with E-state index in [0.29, 0.717) is 19.1 Å². The van der Waals surface area contributed by atoms with E-state index in [1.807, 2.05) is 13.8 Å². The molecule has 17 heavy (non-hydrogen) atoms. The van der Waals surface area contributed by atoms with Crippen LogP contribution in [0.3, 0.4) is 0 Å². The van der Waals surface area contributed by atoms with Crippen molar-refractivity contribution in [2.45, 2.75) is 20.0 Å². The van der Waals surface area contributed by atoms with Crippen molar-refractivity contribution < 1.29 is 14.2 Å². The monoisotopic (exact) mass is 242 g/mol. The van der Waals surface area contributed by atoms with Crippen LogP contribution in [0.25, 0.3) is 0 Å². The first kappa shape index (κ1) is 13.4. The molecule has 1 aromatic rings. The Morgan fingerprint density at radius 2 is 1.65 bits per heavy atom. The highest BCUT2D eigenvalue weighted by Crippen LogP contribution is 2.11. The molecule has 0 saturated heterocycles. The molecule has 0 radical (unpaired) electrons. The van der Waals surface area contributed by atoms with Gasteiger partial charge >= 0.3 is 12.0 Å². The molecule has 1 heterocycles. The molecular weight excluding hydrogens is 224 g/mol. The molecule has 0 spiro atoms. The Labute approximate surface area is 101 Å². The largest absolute Gasteiger partial charge is 0.467 e. The van der Waals surface area contributed by atoms with Crippen LogP contribution in [0, 0.1) is 0 Å². The Hall–Kier alpha value is -1.63. The van der Waals surface area contributed by atoms with Gasteiger partial charge in [0.2, 0.25) is 5.95 Å². The molecule has 1 rings (SSSR count). The Kier molecular flexibility index (Phi) is 5.41. The quantitative estimate of drug-likeness (QED) is 0.706. The van der Waals surface area contributed by atoms with E-state index in [9.17, 15) is 0 Å². The maximum Gasteiger partial charge on any atom is 0.324 e. The summed E-state index contributed by atoms with van der Waals surface area (Å²) in [6.45, 7) is 5.15. The lowest BCUT2D eigenvalue weighted by molar-refractivity contribution is 0.0869. The Morgan fingerprint density at radius 3 is 2.12 bits per heavy atom. The maximum absolute atomic E-state index is 5.38. The molecule has 7 nitrogen and oxygen atoms in total. The second-order valence-electron chi connectivity index (χ2n) is 3.48. The van der Waals surface area contributed by atoms with Crippen LogP contribution in [-0.4, -0.2) is 48.4 Å². The predicted molar refractivity (Wildman–Crippen MR) is 62.5 cm³/mol. The average Bonchev–Trinajstić information content (AvgIpc) is 2.34. The van der Waals surface area contributed by atoms with E-state index in [1.165, 1.54) is 14.2 Å². The highest BCUT2D eigenvalue weighted by Gasteiger charge is 2.06. The Bertz CT molecular complexity index is 324. The number of hydrogen-bond acceptors (Lipinski definition) is 7. The summed E-state index contributed by atoms with van der Waals surface area (Å²) >= 11 is 0. The molecule has 0 aliphatic carbocycles. The van der Waals surface area contributed by atoms with Crippen LogP contribution in [0.1, 0.15) is 13.8 Å². The number of methoxy groups -OCH3 is 2. The first-order valence-corrected chi connectivity index (χ1v) is 5.35. The summed E-state index contributed by atoms with van der Waals surface area (Å²) in [5, 5.41) is 3.00. The van der Waals surface area contributed by atoms with Crippen LogP contribution in [-0.2, 0) is 4.74 Å². The minimum atomic E-state index is 0.208. The van der Waals surface area contributed by atoms with Gasteiger partial charge in [-0.15, -0.1) is 4.98 Å². The van der Waals surface area contributed by atoms with E-state index < -0.39 is 0 Å². The lowest BCUT2D eigenvalue weighted by atomic mass is 10.5. The van der Waals surface area contributed by atoms with Crippen molar-refractivity contribution in [2.75, 3.05) is 32.7 Å². The fraction of sp³-hybridized carbons (Fsp3) is 0.700. The van der Waals surface area contributed by atoms with Gasteiger partial charge in [0.15, 0.2) is 0 Å². The molecule has 0 unspecified atom stereocenters. The van der Waals surface area contributed by atoms with Crippen LogP contribution in [0.5, 0.6) is 12.0 Å². The number of aromatic nitrogens is 3. The zero-order valence-corrected chi connectivity index (χ0v) is 10.6. The van der Waals surface area contributed by atoms with Crippen molar-refractivity contribution in [2.24, 2.45) is 0 Å². The van der Waals surface area contributed by atoms with Crippen molar-refractivity contribution in [3.63, 3.8) is 0 Å². The molecule has 0 aromatic carbocycles. The minimum Gasteiger partial charge on any atom is -0.467 e. The van der Waals surface area contributed by atoms with E-state index in [0.717, 1.165) is 0 Å². The molecule has 1 aromatic heterocycles. The van der Waals surface area contributed by atoms with Crippen LogP contribution < -0.4 is 14.8 Å². The second kappa shape index (κ2) is 6.85. The van der Waals surface area contributed by atoms with E-state index in [-0.39, 0.29) is 18.1 Å². The van der Waals surface area contributed by atoms with Gasteiger partial charge in [0.25, 0.3) is 0 Å². The Balaban J connectivity index is 2.51. The van der Waals surface area contributed by atoms with Gasteiger partial charge in [-0.3, -0.25) is 0 Å². The third-order valence-electron chi connectivity index (χ3n) is 1.80. The summed E-state index contributed by atoms with van der Waals surface area (Å²) in [5.41, 5.74) is 0. The summed E-state index contributed by atoms with van der Waals surface area (Å²) < 4.78 is 15.2. The highest BCUT2D eigenvalue weighted by atomic mass is 16.5. The topological polar surface area (TPSA) is 78.4 Å². The fourth-order valence-electron chi connectivity index (χ4n) is 1.06. The highest BCUT2D eigenvalue weighted by molar-refractivity contribution is 5.27. The van der Waals surface area contributed by atoms with Gasteiger partial charge in [0.1, 0.15) is 0 Å². The lowest BCUT2D eigenvalue weighted by Crippen LogP contribution is -2.15. The summed E-state index contributed by atoms with van der Waals surface area (Å²) in [6.07, 6.45) is 0.208. The molecule has 0 bridgehead atoms. The van der Waals surface area contributed by atoms with Crippen LogP contribution >= 0.6 is 0 Å². The molecule has 96 valence electrons. The van der Waals surface area contributed by atoms with Gasteiger partial charge in [-0.25, -0.2) is 0 Å². The average molecular weight is 242 g/mol. The van der Waals surface area contributed by atoms with E-state index in [2.05, 4.69) is 20.3 Å². The summed E-state index contributed by atoms with van der Waals surface area (Å²) in [7, 11) is 2.97. The van der Waals surface area contributed by atoms with Crippen LogP contribution in [0.15, 0.2) is 0 Å². The van der Waals surface area contributed by atoms with Crippen molar-refractivity contribution in [1.82, 2.24) is 15.0 Å². The fourth-order valence-corrected chi connectivity index (χ4v) is 1.06. The number of rotatable bonds is 7. The first-order chi connectivity index (χ1) is 8.15. The van der Waals surface area contributed by atoms with Gasteiger partial charge in [0, 0.05) is 6.54 Å². The molecule has 0 aliphatic heterocycles. The van der Waals surface area contributed by atoms with Crippen LogP contribution in [0.4, 0.5) is 5.95 Å². The Morgan fingerprint density at radius 1 is 1.06 bits per heavy atom. The normalized spacial score (nSPS) is 10.4. The number of hydrogen-bond donors (Lipinski definition) is 1. The molecule has 0 saturated carbocycles. The third kappa shape index (κ3) is 4.81.